The maximum absolute atomic E-state index is 6.13. The van der Waals surface area contributed by atoms with Gasteiger partial charge in [0.2, 0.25) is 0 Å². The molecule has 1 aliphatic carbocycles. The van der Waals surface area contributed by atoms with Crippen LogP contribution in [0.1, 0.15) is 38.7 Å². The fraction of sp³-hybridized carbons (Fsp3) is 0.562. The van der Waals surface area contributed by atoms with Crippen molar-refractivity contribution in [2.45, 2.75) is 46.1 Å². The Morgan fingerprint density at radius 2 is 2.05 bits per heavy atom. The highest BCUT2D eigenvalue weighted by Crippen LogP contribution is 2.29. The lowest BCUT2D eigenvalue weighted by Gasteiger charge is -2.35. The highest BCUT2D eigenvalue weighted by atomic mass is 35.5. The van der Waals surface area contributed by atoms with Gasteiger partial charge in [0.05, 0.1) is 0 Å². The minimum absolute atomic E-state index is 0.471. The number of hydrogen-bond acceptors (Lipinski definition) is 1. The first-order valence-corrected chi connectivity index (χ1v) is 8.10. The molecule has 2 rings (SSSR count). The summed E-state index contributed by atoms with van der Waals surface area (Å²) in [6, 6.07) is 6.30. The molecule has 0 aliphatic heterocycles. The Labute approximate surface area is 132 Å². The van der Waals surface area contributed by atoms with Crippen LogP contribution in [-0.4, -0.2) is 11.2 Å². The van der Waals surface area contributed by atoms with Crippen molar-refractivity contribution in [2.24, 2.45) is 11.8 Å². The van der Waals surface area contributed by atoms with E-state index in [1.165, 1.54) is 19.3 Å². The van der Waals surface area contributed by atoms with Crippen molar-refractivity contribution in [3.8, 4) is 0 Å². The molecule has 0 radical (unpaired) electrons. The van der Waals surface area contributed by atoms with Gasteiger partial charge in [0.1, 0.15) is 0 Å². The van der Waals surface area contributed by atoms with Crippen molar-refractivity contribution in [3.05, 3.63) is 28.8 Å². The van der Waals surface area contributed by atoms with E-state index in [0.29, 0.717) is 17.1 Å². The summed E-state index contributed by atoms with van der Waals surface area (Å²) in [5.41, 5.74) is 2.01. The van der Waals surface area contributed by atoms with Gasteiger partial charge in [0.25, 0.3) is 0 Å². The predicted molar refractivity (Wildman–Crippen MR) is 91.5 cm³/mol. The highest BCUT2D eigenvalue weighted by Gasteiger charge is 2.27. The first-order chi connectivity index (χ1) is 9.49. The van der Waals surface area contributed by atoms with E-state index in [9.17, 15) is 0 Å². The lowest BCUT2D eigenvalue weighted by atomic mass is 9.78. The van der Waals surface area contributed by atoms with Gasteiger partial charge in [0, 0.05) is 16.8 Å². The standard InChI is InChI=1S/C16H23ClN2S/c1-10-6-4-8-14(11(10)2)18-16(20)19-15-9-5-7-13(17)12(15)3/h5,7,9-11,14H,4,6,8H2,1-3H3,(H2,18,19,20)/t10-,11-,14-/m1/s1. The zero-order chi connectivity index (χ0) is 14.7. The van der Waals surface area contributed by atoms with E-state index >= 15 is 0 Å². The van der Waals surface area contributed by atoms with E-state index in [-0.39, 0.29) is 0 Å². The molecule has 1 fully saturated rings. The lowest BCUT2D eigenvalue weighted by molar-refractivity contribution is 0.225. The van der Waals surface area contributed by atoms with Gasteiger partial charge in [-0.2, -0.15) is 0 Å². The zero-order valence-corrected chi connectivity index (χ0v) is 13.9. The molecular formula is C16H23ClN2S. The number of hydrogen-bond donors (Lipinski definition) is 2. The van der Waals surface area contributed by atoms with Gasteiger partial charge < -0.3 is 10.6 Å². The normalized spacial score (nSPS) is 26.1. The van der Waals surface area contributed by atoms with Crippen molar-refractivity contribution in [3.63, 3.8) is 0 Å². The van der Waals surface area contributed by atoms with Gasteiger partial charge in [0.15, 0.2) is 5.11 Å². The summed E-state index contributed by atoms with van der Waals surface area (Å²) in [7, 11) is 0. The van der Waals surface area contributed by atoms with Crippen LogP contribution in [-0.2, 0) is 0 Å². The molecule has 0 heterocycles. The molecular weight excluding hydrogens is 288 g/mol. The predicted octanol–water partition coefficient (Wildman–Crippen LogP) is 4.76. The molecule has 0 spiro atoms. The summed E-state index contributed by atoms with van der Waals surface area (Å²) in [6.45, 7) is 6.64. The number of thiocarbonyl (C=S) groups is 1. The Kier molecular flexibility index (Phi) is 5.28. The third kappa shape index (κ3) is 3.64. The number of benzene rings is 1. The highest BCUT2D eigenvalue weighted by molar-refractivity contribution is 7.80. The van der Waals surface area contributed by atoms with Crippen LogP contribution in [0.3, 0.4) is 0 Å². The molecule has 0 saturated heterocycles. The fourth-order valence-electron chi connectivity index (χ4n) is 2.86. The molecule has 2 N–H and O–H groups in total. The molecule has 0 amide bonds. The van der Waals surface area contributed by atoms with E-state index in [4.69, 9.17) is 23.8 Å². The van der Waals surface area contributed by atoms with Crippen molar-refractivity contribution in [1.29, 1.82) is 0 Å². The van der Waals surface area contributed by atoms with E-state index < -0.39 is 0 Å². The fourth-order valence-corrected chi connectivity index (χ4v) is 3.29. The molecule has 0 unspecified atom stereocenters. The molecule has 1 aromatic carbocycles. The van der Waals surface area contributed by atoms with Gasteiger partial charge in [-0.15, -0.1) is 0 Å². The smallest absolute Gasteiger partial charge is 0.171 e. The Morgan fingerprint density at radius 1 is 1.30 bits per heavy atom. The summed E-state index contributed by atoms with van der Waals surface area (Å²) in [5, 5.41) is 8.20. The monoisotopic (exact) mass is 310 g/mol. The van der Waals surface area contributed by atoms with Crippen LogP contribution in [0.5, 0.6) is 0 Å². The summed E-state index contributed by atoms with van der Waals surface area (Å²) >= 11 is 11.6. The summed E-state index contributed by atoms with van der Waals surface area (Å²) in [4.78, 5) is 0. The Balaban J connectivity index is 1.97. The molecule has 1 aliphatic rings. The minimum atomic E-state index is 0.471. The van der Waals surface area contributed by atoms with Gasteiger partial charge in [-0.05, 0) is 55.1 Å². The molecule has 1 saturated carbocycles. The zero-order valence-electron chi connectivity index (χ0n) is 12.4. The lowest BCUT2D eigenvalue weighted by Crippen LogP contribution is -2.45. The van der Waals surface area contributed by atoms with Crippen molar-refractivity contribution < 1.29 is 0 Å². The number of rotatable bonds is 2. The van der Waals surface area contributed by atoms with Crippen LogP contribution in [0.4, 0.5) is 5.69 Å². The van der Waals surface area contributed by atoms with Gasteiger partial charge in [-0.3, -0.25) is 0 Å². The average molecular weight is 311 g/mol. The van der Waals surface area contributed by atoms with Gasteiger partial charge >= 0.3 is 0 Å². The minimum Gasteiger partial charge on any atom is -0.359 e. The Hall–Kier alpha value is -0.800. The largest absolute Gasteiger partial charge is 0.359 e. The maximum atomic E-state index is 6.13. The van der Waals surface area contributed by atoms with Crippen molar-refractivity contribution in [2.75, 3.05) is 5.32 Å². The average Bonchev–Trinajstić information content (AvgIpc) is 2.40. The Morgan fingerprint density at radius 3 is 2.80 bits per heavy atom. The second-order valence-electron chi connectivity index (χ2n) is 5.88. The number of halogens is 1. The van der Waals surface area contributed by atoms with Crippen LogP contribution in [0.15, 0.2) is 18.2 Å². The van der Waals surface area contributed by atoms with Crippen LogP contribution < -0.4 is 10.6 Å². The number of nitrogens with one attached hydrogen (secondary N) is 2. The first kappa shape index (κ1) is 15.6. The Bertz CT molecular complexity index is 489. The molecule has 1 aromatic rings. The molecule has 4 heteroatoms. The molecule has 20 heavy (non-hydrogen) atoms. The SMILES string of the molecule is Cc1c(Cl)cccc1NC(=S)N[C@@H]1CCC[C@@H](C)[C@H]1C. The van der Waals surface area contributed by atoms with Crippen LogP contribution in [0.2, 0.25) is 5.02 Å². The third-order valence-corrected chi connectivity index (χ3v) is 5.17. The van der Waals surface area contributed by atoms with E-state index in [1.54, 1.807) is 0 Å². The third-order valence-electron chi connectivity index (χ3n) is 4.54. The second-order valence-corrected chi connectivity index (χ2v) is 6.70. The van der Waals surface area contributed by atoms with Gasteiger partial charge in [-0.1, -0.05) is 44.4 Å². The summed E-state index contributed by atoms with van der Waals surface area (Å²) in [6.07, 6.45) is 3.80. The second kappa shape index (κ2) is 6.77. The van der Waals surface area contributed by atoms with Crippen LogP contribution in [0.25, 0.3) is 0 Å². The summed E-state index contributed by atoms with van der Waals surface area (Å²) in [5.74, 6) is 1.42. The van der Waals surface area contributed by atoms with Crippen LogP contribution in [0, 0.1) is 18.8 Å². The van der Waals surface area contributed by atoms with Crippen molar-refractivity contribution >= 4 is 34.6 Å². The molecule has 110 valence electrons. The quantitative estimate of drug-likeness (QED) is 0.770. The van der Waals surface area contributed by atoms with E-state index in [2.05, 4.69) is 24.5 Å². The number of anilines is 1. The molecule has 3 atom stereocenters. The van der Waals surface area contributed by atoms with Gasteiger partial charge in [-0.25, -0.2) is 0 Å². The molecule has 0 aromatic heterocycles. The molecule has 0 bridgehead atoms. The summed E-state index contributed by atoms with van der Waals surface area (Å²) < 4.78 is 0. The molecule has 2 nitrogen and oxygen atoms in total. The van der Waals surface area contributed by atoms with E-state index in [1.807, 2.05) is 25.1 Å². The first-order valence-electron chi connectivity index (χ1n) is 7.31. The van der Waals surface area contributed by atoms with Crippen molar-refractivity contribution in [1.82, 2.24) is 5.32 Å². The van der Waals surface area contributed by atoms with Crippen LogP contribution >= 0.6 is 23.8 Å². The maximum Gasteiger partial charge on any atom is 0.171 e. The van der Waals surface area contributed by atoms with E-state index in [0.717, 1.165) is 22.2 Å². The topological polar surface area (TPSA) is 24.1 Å².